The van der Waals surface area contributed by atoms with E-state index in [4.69, 9.17) is 0 Å². The van der Waals surface area contributed by atoms with Gasteiger partial charge >= 0.3 is 0 Å². The van der Waals surface area contributed by atoms with Crippen molar-refractivity contribution in [1.82, 2.24) is 4.72 Å². The number of rotatable bonds is 7. The molecule has 0 amide bonds. The van der Waals surface area contributed by atoms with E-state index >= 15 is 0 Å². The van der Waals surface area contributed by atoms with Crippen LogP contribution in [0.4, 0.5) is 0 Å². The van der Waals surface area contributed by atoms with E-state index in [2.05, 4.69) is 4.72 Å². The summed E-state index contributed by atoms with van der Waals surface area (Å²) in [6.07, 6.45) is 7.48. The van der Waals surface area contributed by atoms with Gasteiger partial charge in [-0.05, 0) is 24.3 Å². The molecule has 1 saturated carbocycles. The number of benzene rings is 1. The molecule has 19 heavy (non-hydrogen) atoms. The van der Waals surface area contributed by atoms with Crippen molar-refractivity contribution in [3.63, 3.8) is 0 Å². The van der Waals surface area contributed by atoms with Crippen LogP contribution < -0.4 is 4.72 Å². The second-order valence-electron chi connectivity index (χ2n) is 5.43. The van der Waals surface area contributed by atoms with Crippen molar-refractivity contribution in [2.75, 3.05) is 6.54 Å². The Bertz CT molecular complexity index is 464. The average molecular weight is 281 g/mol. The van der Waals surface area contributed by atoms with Crippen LogP contribution in [0.3, 0.4) is 0 Å². The third-order valence-corrected chi connectivity index (χ3v) is 5.14. The minimum Gasteiger partial charge on any atom is -0.215 e. The van der Waals surface area contributed by atoms with Gasteiger partial charge < -0.3 is 0 Å². The molecule has 0 radical (unpaired) electrons. The largest absolute Gasteiger partial charge is 0.215 e. The van der Waals surface area contributed by atoms with Crippen LogP contribution in [0.15, 0.2) is 30.3 Å². The van der Waals surface area contributed by atoms with Crippen molar-refractivity contribution in [3.8, 4) is 0 Å². The van der Waals surface area contributed by atoms with Gasteiger partial charge in [-0.3, -0.25) is 0 Å². The van der Waals surface area contributed by atoms with E-state index in [0.717, 1.165) is 24.3 Å². The fourth-order valence-corrected chi connectivity index (χ4v) is 3.95. The summed E-state index contributed by atoms with van der Waals surface area (Å²) in [6, 6.07) is 9.32. The van der Waals surface area contributed by atoms with E-state index in [9.17, 15) is 8.42 Å². The van der Waals surface area contributed by atoms with Crippen LogP contribution in [0.2, 0.25) is 0 Å². The lowest BCUT2D eigenvalue weighted by Gasteiger charge is -2.10. The molecule has 4 heteroatoms. The van der Waals surface area contributed by atoms with Crippen molar-refractivity contribution in [2.45, 2.75) is 44.3 Å². The van der Waals surface area contributed by atoms with Crippen LogP contribution in [0.25, 0.3) is 0 Å². The molecule has 0 unspecified atom stereocenters. The smallest absolute Gasteiger partial charge is 0.215 e. The fourth-order valence-electron chi connectivity index (χ4n) is 2.76. The molecule has 1 aromatic carbocycles. The number of hydrogen-bond donors (Lipinski definition) is 1. The fraction of sp³-hybridized carbons (Fsp3) is 0.600. The second kappa shape index (κ2) is 7.06. The first-order chi connectivity index (χ1) is 9.16. The number of nitrogens with one attached hydrogen (secondary N) is 1. The minimum absolute atomic E-state index is 0.0806. The quantitative estimate of drug-likeness (QED) is 0.781. The molecule has 0 bridgehead atoms. The topological polar surface area (TPSA) is 46.2 Å². The Balaban J connectivity index is 1.69. The molecule has 1 aromatic rings. The zero-order chi connectivity index (χ0) is 13.6. The van der Waals surface area contributed by atoms with Crippen LogP contribution in [0.1, 0.15) is 44.1 Å². The van der Waals surface area contributed by atoms with Gasteiger partial charge in [0.1, 0.15) is 0 Å². The summed E-state index contributed by atoms with van der Waals surface area (Å²) in [6.45, 7) is 0.575. The first-order valence-corrected chi connectivity index (χ1v) is 8.82. The highest BCUT2D eigenvalue weighted by Gasteiger charge is 2.15. The standard InChI is InChI=1S/C15H23NO2S/c17-19(18,13-15-9-2-1-3-10-15)16-12-6-11-14-7-4-5-8-14/h1-3,9-10,14,16H,4-8,11-13H2. The Morgan fingerprint density at radius 3 is 2.47 bits per heavy atom. The van der Waals surface area contributed by atoms with Crippen LogP contribution in [0.5, 0.6) is 0 Å². The molecule has 0 heterocycles. The molecule has 1 N–H and O–H groups in total. The van der Waals surface area contributed by atoms with E-state index in [1.54, 1.807) is 0 Å². The second-order valence-corrected chi connectivity index (χ2v) is 7.24. The normalized spacial score (nSPS) is 16.8. The van der Waals surface area contributed by atoms with Gasteiger partial charge in [0, 0.05) is 6.54 Å². The van der Waals surface area contributed by atoms with Gasteiger partial charge in [-0.2, -0.15) is 0 Å². The van der Waals surface area contributed by atoms with E-state index in [1.807, 2.05) is 30.3 Å². The molecule has 0 atom stereocenters. The lowest BCUT2D eigenvalue weighted by molar-refractivity contribution is 0.480. The van der Waals surface area contributed by atoms with Gasteiger partial charge in [0.05, 0.1) is 5.75 Å². The number of sulfonamides is 1. The highest BCUT2D eigenvalue weighted by Crippen LogP contribution is 2.28. The predicted octanol–water partition coefficient (Wildman–Crippen LogP) is 3.08. The third kappa shape index (κ3) is 5.33. The Hall–Kier alpha value is -0.870. The maximum atomic E-state index is 11.9. The SMILES string of the molecule is O=S(=O)(Cc1ccccc1)NCCCC1CCCC1. The Kier molecular flexibility index (Phi) is 5.40. The number of hydrogen-bond acceptors (Lipinski definition) is 2. The van der Waals surface area contributed by atoms with Crippen molar-refractivity contribution in [1.29, 1.82) is 0 Å². The Labute approximate surface area is 116 Å². The highest BCUT2D eigenvalue weighted by molar-refractivity contribution is 7.88. The van der Waals surface area contributed by atoms with E-state index < -0.39 is 10.0 Å². The molecule has 0 aliphatic heterocycles. The monoisotopic (exact) mass is 281 g/mol. The maximum Gasteiger partial charge on any atom is 0.215 e. The molecule has 0 spiro atoms. The van der Waals surface area contributed by atoms with Gasteiger partial charge in [0.25, 0.3) is 0 Å². The minimum atomic E-state index is -3.18. The molecular weight excluding hydrogens is 258 g/mol. The van der Waals surface area contributed by atoms with E-state index in [-0.39, 0.29) is 5.75 Å². The predicted molar refractivity (Wildman–Crippen MR) is 78.3 cm³/mol. The summed E-state index contributed by atoms with van der Waals surface area (Å²) < 4.78 is 26.5. The molecule has 1 aliphatic carbocycles. The molecule has 1 fully saturated rings. The van der Waals surface area contributed by atoms with Crippen LogP contribution in [-0.4, -0.2) is 15.0 Å². The maximum absolute atomic E-state index is 11.9. The third-order valence-electron chi connectivity index (χ3n) is 3.79. The molecular formula is C15H23NO2S. The van der Waals surface area contributed by atoms with Crippen molar-refractivity contribution in [3.05, 3.63) is 35.9 Å². The highest BCUT2D eigenvalue weighted by atomic mass is 32.2. The molecule has 0 aromatic heterocycles. The van der Waals surface area contributed by atoms with Gasteiger partial charge in [-0.1, -0.05) is 56.0 Å². The zero-order valence-electron chi connectivity index (χ0n) is 11.3. The van der Waals surface area contributed by atoms with Crippen molar-refractivity contribution < 1.29 is 8.42 Å². The van der Waals surface area contributed by atoms with Gasteiger partial charge in [-0.15, -0.1) is 0 Å². The lowest BCUT2D eigenvalue weighted by atomic mass is 10.0. The first-order valence-electron chi connectivity index (χ1n) is 7.17. The van der Waals surface area contributed by atoms with E-state index in [0.29, 0.717) is 6.54 Å². The molecule has 1 aliphatic rings. The molecule has 0 saturated heterocycles. The van der Waals surface area contributed by atoms with Crippen LogP contribution in [0, 0.1) is 5.92 Å². The van der Waals surface area contributed by atoms with Crippen molar-refractivity contribution in [2.24, 2.45) is 5.92 Å². The summed E-state index contributed by atoms with van der Waals surface area (Å²) in [5, 5.41) is 0. The summed E-state index contributed by atoms with van der Waals surface area (Å²) in [4.78, 5) is 0. The lowest BCUT2D eigenvalue weighted by Crippen LogP contribution is -2.26. The molecule has 3 nitrogen and oxygen atoms in total. The molecule has 106 valence electrons. The van der Waals surface area contributed by atoms with E-state index in [1.165, 1.54) is 25.7 Å². The zero-order valence-corrected chi connectivity index (χ0v) is 12.2. The summed E-state index contributed by atoms with van der Waals surface area (Å²) >= 11 is 0. The van der Waals surface area contributed by atoms with Crippen LogP contribution >= 0.6 is 0 Å². The van der Waals surface area contributed by atoms with Gasteiger partial charge in [0.15, 0.2) is 0 Å². The average Bonchev–Trinajstić information content (AvgIpc) is 2.88. The molecule has 2 rings (SSSR count). The van der Waals surface area contributed by atoms with Crippen LogP contribution in [-0.2, 0) is 15.8 Å². The van der Waals surface area contributed by atoms with Gasteiger partial charge in [0.2, 0.25) is 10.0 Å². The Morgan fingerprint density at radius 1 is 1.11 bits per heavy atom. The van der Waals surface area contributed by atoms with Gasteiger partial charge in [-0.25, -0.2) is 13.1 Å². The first kappa shape index (κ1) is 14.5. The summed E-state index contributed by atoms with van der Waals surface area (Å²) in [5.74, 6) is 0.913. The summed E-state index contributed by atoms with van der Waals surface area (Å²) in [7, 11) is -3.18. The summed E-state index contributed by atoms with van der Waals surface area (Å²) in [5.41, 5.74) is 0.839. The van der Waals surface area contributed by atoms with Crippen molar-refractivity contribution >= 4 is 10.0 Å². The Morgan fingerprint density at radius 2 is 1.79 bits per heavy atom.